The second-order valence-electron chi connectivity index (χ2n) is 4.62. The molecule has 0 radical (unpaired) electrons. The van der Waals surface area contributed by atoms with E-state index in [-0.39, 0.29) is 11.6 Å². The van der Waals surface area contributed by atoms with Crippen LogP contribution < -0.4 is 5.32 Å². The van der Waals surface area contributed by atoms with E-state index in [0.717, 1.165) is 0 Å². The maximum Gasteiger partial charge on any atom is 0.140 e. The van der Waals surface area contributed by atoms with Crippen LogP contribution in [-0.2, 0) is 6.42 Å². The molecule has 3 aromatic rings. The lowest BCUT2D eigenvalue weighted by molar-refractivity contribution is 0.610. The number of nitrogens with one attached hydrogen (secondary N) is 1. The van der Waals surface area contributed by atoms with Crippen molar-refractivity contribution in [2.45, 2.75) is 6.42 Å². The molecule has 0 aliphatic heterocycles. The topological polar surface area (TPSA) is 37.8 Å². The first-order chi connectivity index (χ1) is 10.3. The normalized spacial score (nSPS) is 10.8. The van der Waals surface area contributed by atoms with Crippen molar-refractivity contribution in [3.63, 3.8) is 0 Å². The fraction of sp³-hybridized carbons (Fsp3) is 0.125. The average molecular weight is 285 g/mol. The minimum absolute atomic E-state index is 0.238. The van der Waals surface area contributed by atoms with Gasteiger partial charge in [-0.05, 0) is 30.2 Å². The molecule has 106 valence electrons. The summed E-state index contributed by atoms with van der Waals surface area (Å²) in [4.78, 5) is 8.10. The fourth-order valence-corrected chi connectivity index (χ4v) is 2.22. The van der Waals surface area contributed by atoms with Crippen molar-refractivity contribution >= 4 is 16.7 Å². The van der Waals surface area contributed by atoms with Gasteiger partial charge in [-0.1, -0.05) is 24.3 Å². The third-order valence-corrected chi connectivity index (χ3v) is 3.26. The van der Waals surface area contributed by atoms with E-state index in [1.807, 2.05) is 0 Å². The zero-order chi connectivity index (χ0) is 14.7. The van der Waals surface area contributed by atoms with Crippen LogP contribution in [0.4, 0.5) is 14.6 Å². The monoisotopic (exact) mass is 285 g/mol. The number of benzene rings is 2. The Morgan fingerprint density at radius 2 is 1.71 bits per heavy atom. The molecule has 2 aromatic carbocycles. The molecule has 5 heteroatoms. The van der Waals surface area contributed by atoms with Gasteiger partial charge in [0.25, 0.3) is 0 Å². The average Bonchev–Trinajstić information content (AvgIpc) is 2.49. The van der Waals surface area contributed by atoms with Crippen LogP contribution in [0.3, 0.4) is 0 Å². The zero-order valence-corrected chi connectivity index (χ0v) is 11.2. The molecule has 0 saturated carbocycles. The SMILES string of the molecule is Fc1ccccc1CCNc1ncnc2cccc(F)c12. The van der Waals surface area contributed by atoms with Gasteiger partial charge in [-0.25, -0.2) is 18.7 Å². The smallest absolute Gasteiger partial charge is 0.140 e. The summed E-state index contributed by atoms with van der Waals surface area (Å²) < 4.78 is 27.4. The van der Waals surface area contributed by atoms with Gasteiger partial charge in [-0.15, -0.1) is 0 Å². The van der Waals surface area contributed by atoms with Crippen LogP contribution in [0.1, 0.15) is 5.56 Å². The maximum atomic E-state index is 13.9. The molecule has 21 heavy (non-hydrogen) atoms. The minimum Gasteiger partial charge on any atom is -0.369 e. The molecule has 0 saturated heterocycles. The van der Waals surface area contributed by atoms with Gasteiger partial charge in [0.15, 0.2) is 0 Å². The molecule has 0 aliphatic carbocycles. The molecule has 3 nitrogen and oxygen atoms in total. The van der Waals surface area contributed by atoms with E-state index in [1.165, 1.54) is 18.5 Å². The van der Waals surface area contributed by atoms with E-state index in [0.29, 0.717) is 35.2 Å². The highest BCUT2D eigenvalue weighted by Gasteiger charge is 2.08. The molecule has 0 aliphatic rings. The standard InChI is InChI=1S/C16H13F2N3/c17-12-5-2-1-4-11(12)8-9-19-16-15-13(18)6-3-7-14(15)20-10-21-16/h1-7,10H,8-9H2,(H,19,20,21). The Bertz CT molecular complexity index is 769. The zero-order valence-electron chi connectivity index (χ0n) is 11.2. The Labute approximate surface area is 120 Å². The Balaban J connectivity index is 1.78. The predicted molar refractivity (Wildman–Crippen MR) is 78.1 cm³/mol. The maximum absolute atomic E-state index is 13.9. The highest BCUT2D eigenvalue weighted by atomic mass is 19.1. The molecule has 0 atom stereocenters. The molecular weight excluding hydrogens is 272 g/mol. The summed E-state index contributed by atoms with van der Waals surface area (Å²) in [7, 11) is 0. The van der Waals surface area contributed by atoms with Gasteiger partial charge in [0, 0.05) is 6.54 Å². The van der Waals surface area contributed by atoms with Crippen molar-refractivity contribution in [3.8, 4) is 0 Å². The van der Waals surface area contributed by atoms with E-state index in [4.69, 9.17) is 0 Å². The van der Waals surface area contributed by atoms with Crippen LogP contribution in [0.5, 0.6) is 0 Å². The van der Waals surface area contributed by atoms with Gasteiger partial charge in [0.05, 0.1) is 10.9 Å². The molecule has 0 spiro atoms. The summed E-state index contributed by atoms with van der Waals surface area (Å²) in [5.74, 6) is -0.186. The first kappa shape index (κ1) is 13.4. The van der Waals surface area contributed by atoms with Crippen molar-refractivity contribution in [1.29, 1.82) is 0 Å². The third kappa shape index (κ3) is 2.81. The van der Waals surface area contributed by atoms with E-state index in [9.17, 15) is 8.78 Å². The van der Waals surface area contributed by atoms with Gasteiger partial charge in [-0.3, -0.25) is 0 Å². The molecule has 0 unspecified atom stereocenters. The van der Waals surface area contributed by atoms with Crippen LogP contribution in [0.25, 0.3) is 10.9 Å². The van der Waals surface area contributed by atoms with Crippen molar-refractivity contribution in [1.82, 2.24) is 9.97 Å². The van der Waals surface area contributed by atoms with E-state index < -0.39 is 0 Å². The second-order valence-corrected chi connectivity index (χ2v) is 4.62. The van der Waals surface area contributed by atoms with E-state index >= 15 is 0 Å². The molecule has 1 heterocycles. The van der Waals surface area contributed by atoms with E-state index in [1.54, 1.807) is 30.3 Å². The van der Waals surface area contributed by atoms with Gasteiger partial charge in [0.1, 0.15) is 23.8 Å². The van der Waals surface area contributed by atoms with Crippen LogP contribution >= 0.6 is 0 Å². The number of anilines is 1. The number of rotatable bonds is 4. The summed E-state index contributed by atoms with van der Waals surface area (Å²) in [6, 6.07) is 11.3. The lowest BCUT2D eigenvalue weighted by Gasteiger charge is -2.09. The van der Waals surface area contributed by atoms with Gasteiger partial charge >= 0.3 is 0 Å². The van der Waals surface area contributed by atoms with Gasteiger partial charge in [-0.2, -0.15) is 0 Å². The number of nitrogens with zero attached hydrogens (tertiary/aromatic N) is 2. The Kier molecular flexibility index (Phi) is 3.73. The molecule has 0 fully saturated rings. The van der Waals surface area contributed by atoms with Crippen LogP contribution in [0, 0.1) is 11.6 Å². The van der Waals surface area contributed by atoms with E-state index in [2.05, 4.69) is 15.3 Å². The highest BCUT2D eigenvalue weighted by Crippen LogP contribution is 2.22. The second kappa shape index (κ2) is 5.83. The summed E-state index contributed by atoms with van der Waals surface area (Å²) in [6.45, 7) is 0.460. The third-order valence-electron chi connectivity index (χ3n) is 3.26. The van der Waals surface area contributed by atoms with Crippen molar-refractivity contribution in [2.24, 2.45) is 0 Å². The van der Waals surface area contributed by atoms with Crippen molar-refractivity contribution < 1.29 is 8.78 Å². The molecule has 0 bridgehead atoms. The van der Waals surface area contributed by atoms with Gasteiger partial charge < -0.3 is 5.32 Å². The Morgan fingerprint density at radius 1 is 0.905 bits per heavy atom. The predicted octanol–water partition coefficient (Wildman–Crippen LogP) is 3.56. The van der Waals surface area contributed by atoms with Crippen LogP contribution in [0.15, 0.2) is 48.8 Å². The first-order valence-corrected chi connectivity index (χ1v) is 6.62. The lowest BCUT2D eigenvalue weighted by atomic mass is 10.1. The van der Waals surface area contributed by atoms with Gasteiger partial charge in [0.2, 0.25) is 0 Å². The summed E-state index contributed by atoms with van der Waals surface area (Å²) in [5.41, 5.74) is 1.15. The number of hydrogen-bond acceptors (Lipinski definition) is 3. The molecule has 1 N–H and O–H groups in total. The summed E-state index contributed by atoms with van der Waals surface area (Å²) in [6.07, 6.45) is 1.87. The quantitative estimate of drug-likeness (QED) is 0.796. The largest absolute Gasteiger partial charge is 0.369 e. The molecule has 3 rings (SSSR count). The summed E-state index contributed by atoms with van der Waals surface area (Å²) >= 11 is 0. The Morgan fingerprint density at radius 3 is 2.57 bits per heavy atom. The van der Waals surface area contributed by atoms with Crippen molar-refractivity contribution in [2.75, 3.05) is 11.9 Å². The number of fused-ring (bicyclic) bond motifs is 1. The molecule has 1 aromatic heterocycles. The first-order valence-electron chi connectivity index (χ1n) is 6.62. The molecule has 0 amide bonds. The van der Waals surface area contributed by atoms with Crippen LogP contribution in [0.2, 0.25) is 0 Å². The lowest BCUT2D eigenvalue weighted by Crippen LogP contribution is -2.08. The minimum atomic E-state index is -0.374. The molecular formula is C16H13F2N3. The number of hydrogen-bond donors (Lipinski definition) is 1. The highest BCUT2D eigenvalue weighted by molar-refractivity contribution is 5.89. The summed E-state index contributed by atoms with van der Waals surface area (Å²) in [5, 5.41) is 3.40. The van der Waals surface area contributed by atoms with Crippen molar-refractivity contribution in [3.05, 3.63) is 66.0 Å². The number of halogens is 2. The fourth-order valence-electron chi connectivity index (χ4n) is 2.22. The Hall–Kier alpha value is -2.56. The van der Waals surface area contributed by atoms with Crippen LogP contribution in [-0.4, -0.2) is 16.5 Å². The number of aromatic nitrogens is 2.